The molecular weight excluding hydrogens is 373 g/mol. The van der Waals surface area contributed by atoms with Crippen LogP contribution in [0.5, 0.6) is 5.75 Å². The highest BCUT2D eigenvalue weighted by Gasteiger charge is 2.19. The third kappa shape index (κ3) is 4.37. The van der Waals surface area contributed by atoms with Crippen LogP contribution in [0.4, 0.5) is 15.9 Å². The van der Waals surface area contributed by atoms with Crippen molar-refractivity contribution in [3.63, 3.8) is 0 Å². The van der Waals surface area contributed by atoms with E-state index in [4.69, 9.17) is 4.74 Å². The summed E-state index contributed by atoms with van der Waals surface area (Å²) in [7, 11) is 1.61. The number of ether oxygens (including phenoxy) is 1. The van der Waals surface area contributed by atoms with E-state index in [0.29, 0.717) is 25.5 Å². The second-order valence-corrected chi connectivity index (χ2v) is 6.85. The van der Waals surface area contributed by atoms with Gasteiger partial charge in [0.15, 0.2) is 5.82 Å². The summed E-state index contributed by atoms with van der Waals surface area (Å²) in [6.07, 6.45) is 1.64. The maximum atomic E-state index is 13.1. The first-order chi connectivity index (χ1) is 14.1. The Bertz CT molecular complexity index is 1010. The molecule has 0 saturated carbocycles. The topological polar surface area (TPSA) is 63.5 Å². The minimum absolute atomic E-state index is 0.238. The first kappa shape index (κ1) is 18.9. The van der Waals surface area contributed by atoms with E-state index < -0.39 is 0 Å². The summed E-state index contributed by atoms with van der Waals surface area (Å²) in [6.45, 7) is 3.32. The summed E-state index contributed by atoms with van der Waals surface area (Å²) in [6, 6.07) is 14.0. The summed E-state index contributed by atoms with van der Waals surface area (Å²) in [5.41, 5.74) is 1.56. The minimum atomic E-state index is -0.376. The molecule has 3 aromatic rings. The van der Waals surface area contributed by atoms with Gasteiger partial charge in [-0.2, -0.15) is 10.1 Å². The normalized spacial score (nSPS) is 14.1. The molecule has 1 aliphatic heterocycles. The minimum Gasteiger partial charge on any atom is -0.497 e. The molecule has 4 rings (SSSR count). The van der Waals surface area contributed by atoms with Gasteiger partial charge >= 0.3 is 5.69 Å². The van der Waals surface area contributed by atoms with Crippen LogP contribution in [-0.4, -0.2) is 48.1 Å². The zero-order valence-electron chi connectivity index (χ0n) is 16.2. The van der Waals surface area contributed by atoms with Gasteiger partial charge in [-0.05, 0) is 42.0 Å². The van der Waals surface area contributed by atoms with Crippen molar-refractivity contribution < 1.29 is 9.13 Å². The van der Waals surface area contributed by atoms with Crippen LogP contribution in [0.25, 0.3) is 0 Å². The summed E-state index contributed by atoms with van der Waals surface area (Å²) in [4.78, 5) is 20.9. The fraction of sp³-hybridized carbons (Fsp3) is 0.286. The van der Waals surface area contributed by atoms with Crippen LogP contribution < -0.4 is 20.2 Å². The lowest BCUT2D eigenvalue weighted by Crippen LogP contribution is -2.47. The van der Waals surface area contributed by atoms with Gasteiger partial charge in [-0.1, -0.05) is 12.1 Å². The molecule has 0 spiro atoms. The average Bonchev–Trinajstić information content (AvgIpc) is 2.76. The predicted octanol–water partition coefficient (Wildman–Crippen LogP) is 2.16. The molecule has 0 N–H and O–H groups in total. The second-order valence-electron chi connectivity index (χ2n) is 6.85. The standard InChI is InChI=1S/C21H22FN5O2/c1-29-19-8-2-16(3-9-19)15-27-21(28)24-20(14-23-27)26-12-10-25(11-13-26)18-6-4-17(22)5-7-18/h2-9,14H,10-13,15H2,1H3. The number of hydrogen-bond donors (Lipinski definition) is 0. The third-order valence-electron chi connectivity index (χ3n) is 5.03. The van der Waals surface area contributed by atoms with Crippen LogP contribution in [0.1, 0.15) is 5.56 Å². The Morgan fingerprint density at radius 1 is 0.966 bits per heavy atom. The van der Waals surface area contributed by atoms with E-state index in [1.807, 2.05) is 29.2 Å². The second kappa shape index (κ2) is 8.30. The van der Waals surface area contributed by atoms with Gasteiger partial charge in [-0.3, -0.25) is 0 Å². The Labute approximate surface area is 168 Å². The Kier molecular flexibility index (Phi) is 5.41. The molecule has 150 valence electrons. The molecular formula is C21H22FN5O2. The van der Waals surface area contributed by atoms with Gasteiger partial charge in [0.1, 0.15) is 11.6 Å². The SMILES string of the molecule is COc1ccc(Cn2ncc(N3CCN(c4ccc(F)cc4)CC3)nc2=O)cc1. The summed E-state index contributed by atoms with van der Waals surface area (Å²) >= 11 is 0. The first-order valence-corrected chi connectivity index (χ1v) is 9.45. The number of benzene rings is 2. The maximum Gasteiger partial charge on any atom is 0.366 e. The van der Waals surface area contributed by atoms with E-state index >= 15 is 0 Å². The van der Waals surface area contributed by atoms with Crippen molar-refractivity contribution in [1.82, 2.24) is 14.8 Å². The van der Waals surface area contributed by atoms with Crippen LogP contribution in [0.3, 0.4) is 0 Å². The van der Waals surface area contributed by atoms with Gasteiger partial charge < -0.3 is 14.5 Å². The van der Waals surface area contributed by atoms with E-state index in [9.17, 15) is 9.18 Å². The fourth-order valence-electron chi connectivity index (χ4n) is 3.37. The number of aromatic nitrogens is 3. The van der Waals surface area contributed by atoms with E-state index in [2.05, 4.69) is 15.0 Å². The van der Waals surface area contributed by atoms with Gasteiger partial charge in [0, 0.05) is 31.9 Å². The first-order valence-electron chi connectivity index (χ1n) is 9.45. The molecule has 1 aromatic heterocycles. The smallest absolute Gasteiger partial charge is 0.366 e. The molecule has 0 atom stereocenters. The molecule has 2 heterocycles. The summed E-state index contributed by atoms with van der Waals surface area (Å²) in [5.74, 6) is 1.11. The average molecular weight is 395 g/mol. The van der Waals surface area contributed by atoms with Gasteiger partial charge in [0.05, 0.1) is 19.9 Å². The van der Waals surface area contributed by atoms with E-state index in [1.165, 1.54) is 16.8 Å². The lowest BCUT2D eigenvalue weighted by atomic mass is 10.2. The molecule has 0 unspecified atom stereocenters. The molecule has 1 saturated heterocycles. The Morgan fingerprint density at radius 3 is 2.24 bits per heavy atom. The van der Waals surface area contributed by atoms with Crippen LogP contribution in [0.15, 0.2) is 59.5 Å². The third-order valence-corrected chi connectivity index (χ3v) is 5.03. The Balaban J connectivity index is 1.40. The predicted molar refractivity (Wildman–Crippen MR) is 109 cm³/mol. The molecule has 1 aliphatic rings. The Morgan fingerprint density at radius 2 is 1.62 bits per heavy atom. The van der Waals surface area contributed by atoms with Gasteiger partial charge in [-0.15, -0.1) is 0 Å². The van der Waals surface area contributed by atoms with Crippen molar-refractivity contribution >= 4 is 11.5 Å². The molecule has 2 aromatic carbocycles. The number of piperazine rings is 1. The van der Waals surface area contributed by atoms with Crippen LogP contribution in [-0.2, 0) is 6.54 Å². The van der Waals surface area contributed by atoms with Crippen molar-refractivity contribution in [3.05, 3.63) is 76.6 Å². The van der Waals surface area contributed by atoms with Crippen molar-refractivity contribution in [3.8, 4) is 5.75 Å². The van der Waals surface area contributed by atoms with Crippen molar-refractivity contribution in [1.29, 1.82) is 0 Å². The lowest BCUT2D eigenvalue weighted by Gasteiger charge is -2.36. The number of hydrogen-bond acceptors (Lipinski definition) is 6. The summed E-state index contributed by atoms with van der Waals surface area (Å²) in [5, 5.41) is 4.29. The number of halogens is 1. The van der Waals surface area contributed by atoms with Crippen LogP contribution in [0.2, 0.25) is 0 Å². The monoisotopic (exact) mass is 395 g/mol. The van der Waals surface area contributed by atoms with Crippen LogP contribution >= 0.6 is 0 Å². The number of rotatable bonds is 5. The lowest BCUT2D eigenvalue weighted by molar-refractivity contribution is 0.414. The quantitative estimate of drug-likeness (QED) is 0.660. The highest BCUT2D eigenvalue weighted by molar-refractivity contribution is 5.49. The molecule has 0 radical (unpaired) electrons. The largest absolute Gasteiger partial charge is 0.497 e. The van der Waals surface area contributed by atoms with Crippen molar-refractivity contribution in [2.75, 3.05) is 43.1 Å². The van der Waals surface area contributed by atoms with Gasteiger partial charge in [-0.25, -0.2) is 13.9 Å². The highest BCUT2D eigenvalue weighted by atomic mass is 19.1. The molecule has 8 heteroatoms. The number of methoxy groups -OCH3 is 1. The Hall–Kier alpha value is -3.42. The zero-order valence-corrected chi connectivity index (χ0v) is 16.2. The van der Waals surface area contributed by atoms with Gasteiger partial charge in [0.25, 0.3) is 0 Å². The molecule has 7 nitrogen and oxygen atoms in total. The van der Waals surface area contributed by atoms with Crippen molar-refractivity contribution in [2.24, 2.45) is 0 Å². The van der Waals surface area contributed by atoms with Crippen LogP contribution in [0, 0.1) is 5.82 Å². The van der Waals surface area contributed by atoms with Gasteiger partial charge in [0.2, 0.25) is 0 Å². The van der Waals surface area contributed by atoms with E-state index in [0.717, 1.165) is 30.1 Å². The van der Waals surface area contributed by atoms with Crippen molar-refractivity contribution in [2.45, 2.75) is 6.54 Å². The molecule has 29 heavy (non-hydrogen) atoms. The molecule has 0 bridgehead atoms. The molecule has 0 aliphatic carbocycles. The number of nitrogens with zero attached hydrogens (tertiary/aromatic N) is 5. The fourth-order valence-corrected chi connectivity index (χ4v) is 3.37. The maximum absolute atomic E-state index is 13.1. The number of anilines is 2. The molecule has 0 amide bonds. The highest BCUT2D eigenvalue weighted by Crippen LogP contribution is 2.19. The summed E-state index contributed by atoms with van der Waals surface area (Å²) < 4.78 is 19.6. The van der Waals surface area contributed by atoms with E-state index in [-0.39, 0.29) is 11.5 Å². The van der Waals surface area contributed by atoms with E-state index in [1.54, 1.807) is 25.4 Å². The molecule has 1 fully saturated rings. The zero-order chi connectivity index (χ0) is 20.2.